The standard InChI is InChI=1S/C6H11O.3C4H9.Sn/c1-5(2)6(3)7-4;3*1-3-4-2;/h6H,1-2H2,3-4H3;3*1,3-4H2,2H3;/t6-;;;;/m0..../s1. The van der Waals surface area contributed by atoms with E-state index in [1.54, 1.807) is 13.3 Å². The zero-order valence-electron chi connectivity index (χ0n) is 14.8. The van der Waals surface area contributed by atoms with Crippen molar-refractivity contribution in [3.63, 3.8) is 0 Å². The minimum absolute atomic E-state index is 0.246. The maximum atomic E-state index is 5.51. The molecule has 20 heavy (non-hydrogen) atoms. The first kappa shape index (κ1) is 20.5. The number of ether oxygens (including phenoxy) is 1. The quantitative estimate of drug-likeness (QED) is 0.261. The van der Waals surface area contributed by atoms with Crippen molar-refractivity contribution in [2.45, 2.75) is 90.1 Å². The third-order valence-corrected chi connectivity index (χ3v) is 20.3. The summed E-state index contributed by atoms with van der Waals surface area (Å²) in [4.78, 5) is 0. The zero-order valence-corrected chi connectivity index (χ0v) is 17.6. The van der Waals surface area contributed by atoms with E-state index in [1.165, 1.54) is 48.5 Å². The van der Waals surface area contributed by atoms with Crippen LogP contribution >= 0.6 is 0 Å². The molecule has 0 fully saturated rings. The van der Waals surface area contributed by atoms with E-state index in [9.17, 15) is 0 Å². The van der Waals surface area contributed by atoms with Crippen molar-refractivity contribution in [3.05, 3.63) is 12.2 Å². The van der Waals surface area contributed by atoms with Crippen molar-refractivity contribution >= 4 is 18.4 Å². The van der Waals surface area contributed by atoms with Gasteiger partial charge in [-0.1, -0.05) is 0 Å². The molecule has 0 aromatic carbocycles. The first-order valence-electron chi connectivity index (χ1n) is 8.75. The average molecular weight is 389 g/mol. The van der Waals surface area contributed by atoms with E-state index in [4.69, 9.17) is 4.74 Å². The van der Waals surface area contributed by atoms with Crippen molar-refractivity contribution < 1.29 is 4.74 Å². The summed E-state index contributed by atoms with van der Waals surface area (Å²) in [6.45, 7) is 13.5. The van der Waals surface area contributed by atoms with Crippen molar-refractivity contribution in [1.29, 1.82) is 0 Å². The molecule has 0 aliphatic heterocycles. The molecule has 0 saturated carbocycles. The Hall–Kier alpha value is 0.499. The van der Waals surface area contributed by atoms with E-state index in [2.05, 4.69) is 34.3 Å². The molecule has 0 aromatic heterocycles. The van der Waals surface area contributed by atoms with Gasteiger partial charge in [0, 0.05) is 0 Å². The molecular formula is C18H38OSn. The second-order valence-electron chi connectivity index (χ2n) is 6.52. The summed E-state index contributed by atoms with van der Waals surface area (Å²) in [7, 11) is 1.82. The van der Waals surface area contributed by atoms with E-state index in [0.717, 1.165) is 0 Å². The SMILES string of the molecule is C=C([CH2][Sn]([CH2]CCC)([CH2]CCC)[CH2]CCC)[C@H](C)OC. The van der Waals surface area contributed by atoms with E-state index in [1.807, 2.05) is 7.11 Å². The van der Waals surface area contributed by atoms with Crippen LogP contribution in [-0.2, 0) is 4.74 Å². The fraction of sp³-hybridized carbons (Fsp3) is 0.889. The monoisotopic (exact) mass is 390 g/mol. The molecular weight excluding hydrogens is 351 g/mol. The number of methoxy groups -OCH3 is 1. The molecule has 1 nitrogen and oxygen atoms in total. The number of hydrogen-bond donors (Lipinski definition) is 0. The average Bonchev–Trinajstić information content (AvgIpc) is 2.47. The number of unbranched alkanes of at least 4 members (excludes halogenated alkanes) is 3. The van der Waals surface area contributed by atoms with Gasteiger partial charge in [-0.3, -0.25) is 0 Å². The van der Waals surface area contributed by atoms with Gasteiger partial charge in [0.2, 0.25) is 0 Å². The third-order valence-electron chi connectivity index (χ3n) is 4.71. The molecule has 0 radical (unpaired) electrons. The van der Waals surface area contributed by atoms with Crippen LogP contribution in [0.25, 0.3) is 0 Å². The Morgan fingerprint density at radius 2 is 1.35 bits per heavy atom. The van der Waals surface area contributed by atoms with Crippen LogP contribution in [0.3, 0.4) is 0 Å². The first-order chi connectivity index (χ1) is 9.55. The molecule has 0 bridgehead atoms. The molecule has 0 amide bonds. The zero-order chi connectivity index (χ0) is 15.4. The Bertz CT molecular complexity index is 228. The van der Waals surface area contributed by atoms with Crippen LogP contribution in [0.1, 0.15) is 66.2 Å². The van der Waals surface area contributed by atoms with Crippen molar-refractivity contribution in [2.75, 3.05) is 7.11 Å². The Morgan fingerprint density at radius 3 is 1.65 bits per heavy atom. The fourth-order valence-electron chi connectivity index (χ4n) is 3.09. The van der Waals surface area contributed by atoms with Gasteiger partial charge in [0.15, 0.2) is 0 Å². The van der Waals surface area contributed by atoms with E-state index < -0.39 is 18.4 Å². The summed E-state index contributed by atoms with van der Waals surface area (Å²) in [5.41, 5.74) is 1.38. The van der Waals surface area contributed by atoms with Gasteiger partial charge in [0.05, 0.1) is 0 Å². The van der Waals surface area contributed by atoms with Crippen molar-refractivity contribution in [1.82, 2.24) is 0 Å². The molecule has 0 N–H and O–H groups in total. The number of hydrogen-bond acceptors (Lipinski definition) is 1. The van der Waals surface area contributed by atoms with E-state index in [0.29, 0.717) is 0 Å². The van der Waals surface area contributed by atoms with Crippen molar-refractivity contribution in [3.8, 4) is 0 Å². The summed E-state index contributed by atoms with van der Waals surface area (Å²) >= 11 is -2.03. The predicted octanol–water partition coefficient (Wildman–Crippen LogP) is 6.43. The number of rotatable bonds is 13. The third kappa shape index (κ3) is 8.07. The van der Waals surface area contributed by atoms with Crippen LogP contribution in [0, 0.1) is 0 Å². The Kier molecular flexibility index (Phi) is 12.4. The second-order valence-corrected chi connectivity index (χ2v) is 20.4. The second kappa shape index (κ2) is 12.1. The fourth-order valence-corrected chi connectivity index (χ4v) is 19.8. The van der Waals surface area contributed by atoms with Crippen LogP contribution in [0.4, 0.5) is 0 Å². The Balaban J connectivity index is 4.86. The normalized spacial score (nSPS) is 13.4. The minimum atomic E-state index is -2.03. The van der Waals surface area contributed by atoms with Crippen LogP contribution in [0.2, 0.25) is 17.7 Å². The van der Waals surface area contributed by atoms with Gasteiger partial charge in [0.1, 0.15) is 0 Å². The van der Waals surface area contributed by atoms with Gasteiger partial charge in [-0.05, 0) is 0 Å². The van der Waals surface area contributed by atoms with Crippen LogP contribution < -0.4 is 0 Å². The molecule has 0 aromatic rings. The molecule has 0 spiro atoms. The molecule has 0 aliphatic rings. The summed E-state index contributed by atoms with van der Waals surface area (Å²) in [5.74, 6) is 0. The van der Waals surface area contributed by atoms with Crippen LogP contribution in [0.5, 0.6) is 0 Å². The first-order valence-corrected chi connectivity index (χ1v) is 16.8. The predicted molar refractivity (Wildman–Crippen MR) is 95.3 cm³/mol. The summed E-state index contributed by atoms with van der Waals surface area (Å²) < 4.78 is 11.6. The van der Waals surface area contributed by atoms with Gasteiger partial charge in [0.25, 0.3) is 0 Å². The van der Waals surface area contributed by atoms with Crippen LogP contribution in [0.15, 0.2) is 12.2 Å². The topological polar surface area (TPSA) is 9.23 Å². The molecule has 0 saturated heterocycles. The van der Waals surface area contributed by atoms with Crippen molar-refractivity contribution in [2.24, 2.45) is 0 Å². The molecule has 0 rings (SSSR count). The van der Waals surface area contributed by atoms with Gasteiger partial charge in [-0.2, -0.15) is 0 Å². The summed E-state index contributed by atoms with van der Waals surface area (Å²) in [6.07, 6.45) is 8.63. The van der Waals surface area contributed by atoms with E-state index in [-0.39, 0.29) is 6.10 Å². The van der Waals surface area contributed by atoms with Gasteiger partial charge in [-0.15, -0.1) is 0 Å². The molecule has 0 aliphatic carbocycles. The summed E-state index contributed by atoms with van der Waals surface area (Å²) in [5, 5.41) is 0. The summed E-state index contributed by atoms with van der Waals surface area (Å²) in [6, 6.07) is 0. The Labute approximate surface area is 132 Å². The molecule has 0 unspecified atom stereocenters. The van der Waals surface area contributed by atoms with Gasteiger partial charge < -0.3 is 0 Å². The van der Waals surface area contributed by atoms with Crippen LogP contribution in [-0.4, -0.2) is 31.6 Å². The molecule has 1 atom stereocenters. The van der Waals surface area contributed by atoms with Gasteiger partial charge in [-0.25, -0.2) is 0 Å². The van der Waals surface area contributed by atoms with E-state index >= 15 is 0 Å². The Morgan fingerprint density at radius 1 is 0.950 bits per heavy atom. The molecule has 120 valence electrons. The molecule has 2 heteroatoms. The molecule has 0 heterocycles. The maximum absolute atomic E-state index is 5.51. The van der Waals surface area contributed by atoms with Gasteiger partial charge >= 0.3 is 132 Å².